The lowest BCUT2D eigenvalue weighted by Crippen LogP contribution is -2.00. The Balaban J connectivity index is 1.69. The number of alkyl halides is 2. The van der Waals surface area contributed by atoms with Crippen molar-refractivity contribution in [3.8, 4) is 5.75 Å². The number of aromatic nitrogens is 3. The van der Waals surface area contributed by atoms with Gasteiger partial charge in [-0.3, -0.25) is 0 Å². The number of thioether (sulfide) groups is 1. The molecule has 0 aliphatic heterocycles. The predicted molar refractivity (Wildman–Crippen MR) is 98.8 cm³/mol. The topological polar surface area (TPSA) is 65.4 Å². The summed E-state index contributed by atoms with van der Waals surface area (Å²) in [6, 6.07) is 7.25. The maximum atomic E-state index is 13.1. The van der Waals surface area contributed by atoms with E-state index in [0.29, 0.717) is 23.0 Å². The monoisotopic (exact) mass is 430 g/mol. The fourth-order valence-corrected chi connectivity index (χ4v) is 2.91. The first-order chi connectivity index (χ1) is 13.5. The van der Waals surface area contributed by atoms with Crippen molar-refractivity contribution in [2.45, 2.75) is 25.1 Å². The van der Waals surface area contributed by atoms with Crippen LogP contribution in [0.15, 0.2) is 45.0 Å². The summed E-state index contributed by atoms with van der Waals surface area (Å²) in [4.78, 5) is 0. The number of hydrogen-bond donors (Lipinski definition) is 0. The molecule has 0 aliphatic carbocycles. The molecule has 3 aromatic rings. The summed E-state index contributed by atoms with van der Waals surface area (Å²) >= 11 is 6.94. The normalized spacial score (nSPS) is 11.6. The Bertz CT molecular complexity index is 977. The van der Waals surface area contributed by atoms with Crippen LogP contribution in [-0.4, -0.2) is 26.8 Å². The molecule has 28 heavy (non-hydrogen) atoms. The second-order valence-corrected chi connectivity index (χ2v) is 6.94. The average Bonchev–Trinajstić information content (AvgIpc) is 3.28. The summed E-state index contributed by atoms with van der Waals surface area (Å²) in [5.74, 6) is 0.719. The van der Waals surface area contributed by atoms with E-state index in [1.807, 2.05) is 6.92 Å². The highest BCUT2D eigenvalue weighted by Gasteiger charge is 2.20. The largest absolute Gasteiger partial charge is 0.486 e. The number of rotatable bonds is 8. The second kappa shape index (κ2) is 9.16. The average molecular weight is 431 g/mol. The first-order valence-corrected chi connectivity index (χ1v) is 9.41. The van der Waals surface area contributed by atoms with Crippen LogP contribution in [0.25, 0.3) is 0 Å². The van der Waals surface area contributed by atoms with Crippen LogP contribution in [-0.2, 0) is 6.61 Å². The smallest absolute Gasteiger partial charge is 0.299 e. The van der Waals surface area contributed by atoms with E-state index in [2.05, 4.69) is 15.3 Å². The Morgan fingerprint density at radius 3 is 2.86 bits per heavy atom. The zero-order chi connectivity index (χ0) is 20.1. The highest BCUT2D eigenvalue weighted by molar-refractivity contribution is 7.99. The molecule has 0 unspecified atom stereocenters. The Hall–Kier alpha value is -2.46. The number of benzene rings is 1. The van der Waals surface area contributed by atoms with Crippen molar-refractivity contribution < 1.29 is 22.3 Å². The Kier molecular flexibility index (Phi) is 6.63. The van der Waals surface area contributed by atoms with E-state index in [1.165, 1.54) is 36.2 Å². The third kappa shape index (κ3) is 4.87. The molecule has 0 spiro atoms. The van der Waals surface area contributed by atoms with Gasteiger partial charge >= 0.3 is 0 Å². The number of nitrogens with zero attached hydrogens (tertiary/aromatic N) is 4. The molecule has 2 aromatic heterocycles. The molecule has 6 nitrogen and oxygen atoms in total. The zero-order valence-corrected chi connectivity index (χ0v) is 16.1. The van der Waals surface area contributed by atoms with Gasteiger partial charge < -0.3 is 9.15 Å². The van der Waals surface area contributed by atoms with E-state index in [4.69, 9.17) is 20.8 Å². The molecular weight excluding hydrogens is 417 g/mol. The minimum Gasteiger partial charge on any atom is -0.486 e. The highest BCUT2D eigenvalue weighted by Crippen LogP contribution is 2.24. The third-order valence-corrected chi connectivity index (χ3v) is 4.45. The van der Waals surface area contributed by atoms with Crippen LogP contribution in [0.2, 0.25) is 5.02 Å². The molecular formula is C17H14ClF3N4O2S. The lowest BCUT2D eigenvalue weighted by atomic mass is 10.3. The van der Waals surface area contributed by atoms with Gasteiger partial charge in [-0.1, -0.05) is 30.3 Å². The van der Waals surface area contributed by atoms with Crippen molar-refractivity contribution in [2.75, 3.05) is 5.75 Å². The van der Waals surface area contributed by atoms with Gasteiger partial charge in [-0.15, -0.1) is 10.2 Å². The zero-order valence-electron chi connectivity index (χ0n) is 14.5. The van der Waals surface area contributed by atoms with E-state index in [1.54, 1.807) is 12.1 Å². The molecule has 0 saturated heterocycles. The van der Waals surface area contributed by atoms with Crippen LogP contribution in [0.5, 0.6) is 5.75 Å². The van der Waals surface area contributed by atoms with Crippen LogP contribution in [0.4, 0.5) is 13.2 Å². The Morgan fingerprint density at radius 2 is 2.14 bits per heavy atom. The van der Waals surface area contributed by atoms with Gasteiger partial charge in [0.15, 0.2) is 0 Å². The third-order valence-electron chi connectivity index (χ3n) is 3.36. The molecule has 0 amide bonds. The van der Waals surface area contributed by atoms with Gasteiger partial charge in [0.25, 0.3) is 6.43 Å². The van der Waals surface area contributed by atoms with Gasteiger partial charge in [-0.25, -0.2) is 13.2 Å². The summed E-state index contributed by atoms with van der Waals surface area (Å²) in [6.45, 7) is 1.93. The predicted octanol–water partition coefficient (Wildman–Crippen LogP) is 5.17. The van der Waals surface area contributed by atoms with Crippen LogP contribution in [0, 0.1) is 5.82 Å². The van der Waals surface area contributed by atoms with Crippen molar-refractivity contribution in [1.29, 1.82) is 0 Å². The van der Waals surface area contributed by atoms with Gasteiger partial charge in [0.1, 0.15) is 29.7 Å². The standard InChI is InChI=1S/C17H14ClF3N4O2S/c1-2-28-17-24-23-16(15(20)21)25(17)22-8-11-3-4-12(27-11)9-26-10-5-6-14(19)13(18)7-10/h3-8,15H,2,9H2,1H3/b22-8+. The van der Waals surface area contributed by atoms with E-state index < -0.39 is 18.1 Å². The molecule has 0 bridgehead atoms. The Labute approximate surface area is 167 Å². The van der Waals surface area contributed by atoms with E-state index in [-0.39, 0.29) is 16.8 Å². The molecule has 0 aliphatic rings. The minimum atomic E-state index is -2.81. The van der Waals surface area contributed by atoms with Gasteiger partial charge in [-0.05, 0) is 30.0 Å². The van der Waals surface area contributed by atoms with Crippen molar-refractivity contribution >= 4 is 29.6 Å². The van der Waals surface area contributed by atoms with Crippen LogP contribution >= 0.6 is 23.4 Å². The van der Waals surface area contributed by atoms with Crippen molar-refractivity contribution in [3.05, 3.63) is 58.5 Å². The van der Waals surface area contributed by atoms with E-state index >= 15 is 0 Å². The molecule has 2 heterocycles. The SMILES string of the molecule is CCSc1nnc(C(F)F)n1/N=C/c1ccc(COc2ccc(F)c(Cl)c2)o1. The minimum absolute atomic E-state index is 0.0469. The van der Waals surface area contributed by atoms with Crippen molar-refractivity contribution in [3.63, 3.8) is 0 Å². The number of halogens is 4. The molecule has 11 heteroatoms. The molecule has 3 rings (SSSR count). The second-order valence-electron chi connectivity index (χ2n) is 5.30. The first kappa shape index (κ1) is 20.3. The summed E-state index contributed by atoms with van der Waals surface area (Å²) in [6.07, 6.45) is -1.52. The molecule has 0 saturated carbocycles. The lowest BCUT2D eigenvalue weighted by Gasteiger charge is -2.04. The quantitative estimate of drug-likeness (QED) is 0.364. The Morgan fingerprint density at radius 1 is 1.32 bits per heavy atom. The van der Waals surface area contributed by atoms with Gasteiger partial charge in [0, 0.05) is 6.07 Å². The molecule has 0 atom stereocenters. The van der Waals surface area contributed by atoms with Crippen molar-refractivity contribution in [1.82, 2.24) is 14.9 Å². The van der Waals surface area contributed by atoms with E-state index in [0.717, 1.165) is 4.68 Å². The van der Waals surface area contributed by atoms with Crippen LogP contribution in [0.1, 0.15) is 30.7 Å². The fraction of sp³-hybridized carbons (Fsp3) is 0.235. The van der Waals surface area contributed by atoms with Gasteiger partial charge in [0.05, 0.1) is 11.2 Å². The fourth-order valence-electron chi connectivity index (χ4n) is 2.12. The van der Waals surface area contributed by atoms with Crippen LogP contribution < -0.4 is 4.74 Å². The summed E-state index contributed by atoms with van der Waals surface area (Å²) in [5, 5.41) is 11.4. The molecule has 0 fully saturated rings. The van der Waals surface area contributed by atoms with Gasteiger partial charge in [-0.2, -0.15) is 9.78 Å². The highest BCUT2D eigenvalue weighted by atomic mass is 35.5. The molecule has 0 N–H and O–H groups in total. The van der Waals surface area contributed by atoms with Gasteiger partial charge in [0.2, 0.25) is 11.0 Å². The first-order valence-electron chi connectivity index (χ1n) is 8.05. The summed E-state index contributed by atoms with van der Waals surface area (Å²) in [5.41, 5.74) is 0. The maximum absolute atomic E-state index is 13.1. The number of furan rings is 1. The maximum Gasteiger partial charge on any atom is 0.299 e. The lowest BCUT2D eigenvalue weighted by molar-refractivity contribution is 0.135. The molecule has 1 aromatic carbocycles. The number of ether oxygens (including phenoxy) is 1. The number of hydrogen-bond acceptors (Lipinski definition) is 6. The van der Waals surface area contributed by atoms with Crippen LogP contribution in [0.3, 0.4) is 0 Å². The molecule has 148 valence electrons. The summed E-state index contributed by atoms with van der Waals surface area (Å²) < 4.78 is 51.2. The van der Waals surface area contributed by atoms with E-state index in [9.17, 15) is 13.2 Å². The van der Waals surface area contributed by atoms with Crippen molar-refractivity contribution in [2.24, 2.45) is 5.10 Å². The molecule has 0 radical (unpaired) electrons. The summed E-state index contributed by atoms with van der Waals surface area (Å²) in [7, 11) is 0.